The minimum Gasteiger partial charge on any atom is -0.302 e. The second-order valence-electron chi connectivity index (χ2n) is 6.33. The highest BCUT2D eigenvalue weighted by Gasteiger charge is 2.18. The fourth-order valence-electron chi connectivity index (χ4n) is 3.14. The first-order valence-corrected chi connectivity index (χ1v) is 10.2. The van der Waals surface area contributed by atoms with E-state index in [1.165, 1.54) is 41.2 Å². The number of hydrogen-bond acceptors (Lipinski definition) is 5. The Kier molecular flexibility index (Phi) is 4.82. The maximum atomic E-state index is 13.2. The average molecular weight is 388 g/mol. The zero-order valence-electron chi connectivity index (χ0n) is 14.3. The summed E-state index contributed by atoms with van der Waals surface area (Å²) in [5.74, 6) is -0.379. The van der Waals surface area contributed by atoms with Gasteiger partial charge < -0.3 is 5.32 Å². The Morgan fingerprint density at radius 3 is 2.69 bits per heavy atom. The summed E-state index contributed by atoms with van der Waals surface area (Å²) in [4.78, 5) is 23.8. The van der Waals surface area contributed by atoms with Crippen molar-refractivity contribution in [1.29, 1.82) is 0 Å². The SMILES string of the molecule is Cc1nc(-c2ccc(F)cc2)c(CC(=O)Nc2nc3c(s2)CCCC3)s1. The van der Waals surface area contributed by atoms with Crippen LogP contribution in [0, 0.1) is 12.7 Å². The third-order valence-electron chi connectivity index (χ3n) is 4.34. The van der Waals surface area contributed by atoms with Gasteiger partial charge in [0, 0.05) is 15.3 Å². The summed E-state index contributed by atoms with van der Waals surface area (Å²) in [6, 6.07) is 6.21. The van der Waals surface area contributed by atoms with E-state index in [1.807, 2.05) is 6.92 Å². The van der Waals surface area contributed by atoms with E-state index < -0.39 is 0 Å². The number of anilines is 1. The number of carbonyl (C=O) groups excluding carboxylic acids is 1. The summed E-state index contributed by atoms with van der Waals surface area (Å²) in [6.07, 6.45) is 4.67. The van der Waals surface area contributed by atoms with Crippen LogP contribution in [-0.4, -0.2) is 15.9 Å². The third-order valence-corrected chi connectivity index (χ3v) is 6.38. The predicted octanol–water partition coefficient (Wildman–Crippen LogP) is 4.77. The number of halogens is 1. The molecule has 0 saturated heterocycles. The highest BCUT2D eigenvalue weighted by atomic mass is 32.1. The molecule has 0 atom stereocenters. The van der Waals surface area contributed by atoms with Crippen LogP contribution in [0.15, 0.2) is 24.3 Å². The van der Waals surface area contributed by atoms with Gasteiger partial charge in [0.15, 0.2) is 5.13 Å². The molecular formula is C19H18FN3OS2. The lowest BCUT2D eigenvalue weighted by atomic mass is 10.0. The first kappa shape index (κ1) is 17.3. The Bertz CT molecular complexity index is 923. The normalized spacial score (nSPS) is 13.5. The van der Waals surface area contributed by atoms with Gasteiger partial charge in [-0.15, -0.1) is 22.7 Å². The van der Waals surface area contributed by atoms with E-state index in [9.17, 15) is 9.18 Å². The molecule has 2 aromatic heterocycles. The van der Waals surface area contributed by atoms with Crippen molar-refractivity contribution in [3.05, 3.63) is 50.5 Å². The molecule has 0 unspecified atom stereocenters. The van der Waals surface area contributed by atoms with Crippen LogP contribution in [0.2, 0.25) is 0 Å². The molecule has 1 N–H and O–H groups in total. The van der Waals surface area contributed by atoms with Crippen molar-refractivity contribution in [2.75, 3.05) is 5.32 Å². The maximum absolute atomic E-state index is 13.2. The van der Waals surface area contributed by atoms with Crippen molar-refractivity contribution in [1.82, 2.24) is 9.97 Å². The standard InChI is InChI=1S/C19H18FN3OS2/c1-11-21-18(12-6-8-13(20)9-7-12)16(25-11)10-17(24)23-19-22-14-4-2-3-5-15(14)26-19/h6-9H,2-5,10H2,1H3,(H,22,23,24). The summed E-state index contributed by atoms with van der Waals surface area (Å²) >= 11 is 3.08. The van der Waals surface area contributed by atoms with Gasteiger partial charge >= 0.3 is 0 Å². The zero-order chi connectivity index (χ0) is 18.1. The second kappa shape index (κ2) is 7.25. The van der Waals surface area contributed by atoms with Crippen LogP contribution in [0.5, 0.6) is 0 Å². The molecule has 0 bridgehead atoms. The predicted molar refractivity (Wildman–Crippen MR) is 103 cm³/mol. The smallest absolute Gasteiger partial charge is 0.231 e. The van der Waals surface area contributed by atoms with E-state index in [1.54, 1.807) is 23.5 Å². The molecule has 26 heavy (non-hydrogen) atoms. The largest absolute Gasteiger partial charge is 0.302 e. The van der Waals surface area contributed by atoms with E-state index in [0.29, 0.717) is 5.13 Å². The van der Waals surface area contributed by atoms with E-state index >= 15 is 0 Å². The third kappa shape index (κ3) is 3.68. The van der Waals surface area contributed by atoms with Crippen molar-refractivity contribution in [2.24, 2.45) is 0 Å². The first-order chi connectivity index (χ1) is 12.6. The molecule has 1 amide bonds. The molecule has 0 aliphatic heterocycles. The van der Waals surface area contributed by atoms with Crippen LogP contribution in [-0.2, 0) is 24.1 Å². The molecule has 7 heteroatoms. The highest BCUT2D eigenvalue weighted by Crippen LogP contribution is 2.31. The quantitative estimate of drug-likeness (QED) is 0.701. The molecule has 0 fully saturated rings. The molecule has 3 aromatic rings. The van der Waals surface area contributed by atoms with Gasteiger partial charge in [-0.05, 0) is 56.9 Å². The van der Waals surface area contributed by atoms with Crippen LogP contribution in [0.3, 0.4) is 0 Å². The van der Waals surface area contributed by atoms with E-state index in [-0.39, 0.29) is 18.1 Å². The Morgan fingerprint density at radius 2 is 1.92 bits per heavy atom. The fraction of sp³-hybridized carbons (Fsp3) is 0.316. The lowest BCUT2D eigenvalue weighted by Crippen LogP contribution is -2.14. The Hall–Kier alpha value is -2.12. The van der Waals surface area contributed by atoms with Gasteiger partial charge in [0.25, 0.3) is 0 Å². The molecule has 0 radical (unpaired) electrons. The highest BCUT2D eigenvalue weighted by molar-refractivity contribution is 7.16. The van der Waals surface area contributed by atoms with Gasteiger partial charge in [-0.2, -0.15) is 0 Å². The Morgan fingerprint density at radius 1 is 1.15 bits per heavy atom. The van der Waals surface area contributed by atoms with Crippen LogP contribution >= 0.6 is 22.7 Å². The molecule has 134 valence electrons. The summed E-state index contributed by atoms with van der Waals surface area (Å²) < 4.78 is 13.2. The topological polar surface area (TPSA) is 54.9 Å². The van der Waals surface area contributed by atoms with Crippen molar-refractivity contribution >= 4 is 33.7 Å². The van der Waals surface area contributed by atoms with E-state index in [4.69, 9.17) is 0 Å². The molecule has 1 aliphatic rings. The van der Waals surface area contributed by atoms with Crippen molar-refractivity contribution in [3.8, 4) is 11.3 Å². The van der Waals surface area contributed by atoms with Crippen LogP contribution in [0.1, 0.15) is 33.3 Å². The number of benzene rings is 1. The van der Waals surface area contributed by atoms with Crippen molar-refractivity contribution < 1.29 is 9.18 Å². The summed E-state index contributed by atoms with van der Waals surface area (Å²) in [7, 11) is 0. The minimum absolute atomic E-state index is 0.0943. The number of amides is 1. The van der Waals surface area contributed by atoms with Crippen molar-refractivity contribution in [2.45, 2.75) is 39.0 Å². The van der Waals surface area contributed by atoms with E-state index in [0.717, 1.165) is 39.7 Å². The molecule has 1 aromatic carbocycles. The van der Waals surface area contributed by atoms with Gasteiger partial charge in [-0.3, -0.25) is 4.79 Å². The second-order valence-corrected chi connectivity index (χ2v) is 8.70. The number of fused-ring (bicyclic) bond motifs is 1. The fourth-order valence-corrected chi connectivity index (χ4v) is 5.16. The molecule has 4 rings (SSSR count). The lowest BCUT2D eigenvalue weighted by molar-refractivity contribution is -0.115. The summed E-state index contributed by atoms with van der Waals surface area (Å²) in [5.41, 5.74) is 2.71. The maximum Gasteiger partial charge on any atom is 0.231 e. The molecule has 0 spiro atoms. The number of thiazole rings is 2. The summed E-state index contributed by atoms with van der Waals surface area (Å²) in [6.45, 7) is 1.91. The number of rotatable bonds is 4. The number of nitrogens with one attached hydrogen (secondary N) is 1. The van der Waals surface area contributed by atoms with Gasteiger partial charge in [0.2, 0.25) is 5.91 Å². The van der Waals surface area contributed by atoms with Crippen LogP contribution < -0.4 is 5.32 Å². The Labute approximate surface area is 159 Å². The number of carbonyl (C=O) groups is 1. The number of aromatic nitrogens is 2. The number of aryl methyl sites for hydroxylation is 3. The lowest BCUT2D eigenvalue weighted by Gasteiger charge is -2.06. The van der Waals surface area contributed by atoms with Crippen molar-refractivity contribution in [3.63, 3.8) is 0 Å². The van der Waals surface area contributed by atoms with Crippen LogP contribution in [0.25, 0.3) is 11.3 Å². The number of hydrogen-bond donors (Lipinski definition) is 1. The molecule has 4 nitrogen and oxygen atoms in total. The molecule has 1 aliphatic carbocycles. The average Bonchev–Trinajstić information content (AvgIpc) is 3.18. The molecule has 0 saturated carbocycles. The van der Waals surface area contributed by atoms with Gasteiger partial charge in [-0.25, -0.2) is 14.4 Å². The van der Waals surface area contributed by atoms with Gasteiger partial charge in [0.1, 0.15) is 5.82 Å². The first-order valence-electron chi connectivity index (χ1n) is 8.59. The van der Waals surface area contributed by atoms with Gasteiger partial charge in [0.05, 0.1) is 22.8 Å². The van der Waals surface area contributed by atoms with Gasteiger partial charge in [-0.1, -0.05) is 0 Å². The minimum atomic E-state index is -0.285. The monoisotopic (exact) mass is 387 g/mol. The molecular weight excluding hydrogens is 369 g/mol. The zero-order valence-corrected chi connectivity index (χ0v) is 16.0. The number of nitrogens with zero attached hydrogens (tertiary/aromatic N) is 2. The molecule has 2 heterocycles. The van der Waals surface area contributed by atoms with Crippen LogP contribution in [0.4, 0.5) is 9.52 Å². The Balaban J connectivity index is 1.51. The summed E-state index contributed by atoms with van der Waals surface area (Å²) in [5, 5.41) is 4.50. The van der Waals surface area contributed by atoms with E-state index in [2.05, 4.69) is 15.3 Å².